The zero-order valence-corrected chi connectivity index (χ0v) is 18.9. The van der Waals surface area contributed by atoms with Crippen LogP contribution < -0.4 is 4.90 Å². The molecule has 6 nitrogen and oxygen atoms in total. The van der Waals surface area contributed by atoms with Gasteiger partial charge in [0.25, 0.3) is 0 Å². The maximum absolute atomic E-state index is 13.4. The predicted octanol–water partition coefficient (Wildman–Crippen LogP) is 4.52. The molecule has 0 bridgehead atoms. The van der Waals surface area contributed by atoms with Gasteiger partial charge in [0.05, 0.1) is 23.8 Å². The molecule has 0 aromatic carbocycles. The van der Waals surface area contributed by atoms with Gasteiger partial charge in [-0.1, -0.05) is 0 Å². The number of hydrogen-bond acceptors (Lipinski definition) is 6. The predicted molar refractivity (Wildman–Crippen MR) is 110 cm³/mol. The van der Waals surface area contributed by atoms with Gasteiger partial charge >= 0.3 is 6.18 Å². The quantitative estimate of drug-likeness (QED) is 0.435. The summed E-state index contributed by atoms with van der Waals surface area (Å²) in [6.07, 6.45) is 0.622. The summed E-state index contributed by atoms with van der Waals surface area (Å²) < 4.78 is 47.2. The van der Waals surface area contributed by atoms with Crippen LogP contribution in [0.5, 0.6) is 0 Å². The molecule has 11 heteroatoms. The number of halogens is 4. The summed E-state index contributed by atoms with van der Waals surface area (Å²) >= 11 is 4.17. The fraction of sp³-hybridized carbons (Fsp3) is 0.611. The number of nitrogens with zero attached hydrogens (tertiary/aromatic N) is 5. The highest BCUT2D eigenvalue weighted by Gasteiger charge is 2.38. The molecule has 1 fully saturated rings. The van der Waals surface area contributed by atoms with E-state index in [2.05, 4.69) is 31.0 Å². The fourth-order valence-corrected chi connectivity index (χ4v) is 4.95. The standard InChI is InChI=1S/C18H23BrF3N5OS/c1-11-10-23-27(8-9-28-2)14(11)12-4-6-26(7-5-12)17-24-15(18(20,21)22)13(19)16(25-17)29-3/h10,12H,4-9H2,1-3H3. The Hall–Kier alpha value is -1.33. The lowest BCUT2D eigenvalue weighted by Gasteiger charge is -2.33. The van der Waals surface area contributed by atoms with Crippen LogP contribution in [-0.4, -0.2) is 52.8 Å². The molecule has 0 atom stereocenters. The van der Waals surface area contributed by atoms with E-state index >= 15 is 0 Å². The summed E-state index contributed by atoms with van der Waals surface area (Å²) in [5, 5.41) is 4.73. The summed E-state index contributed by atoms with van der Waals surface area (Å²) in [4.78, 5) is 10.0. The van der Waals surface area contributed by atoms with Crippen LogP contribution in [0.1, 0.15) is 35.7 Å². The van der Waals surface area contributed by atoms with Crippen LogP contribution in [0.2, 0.25) is 0 Å². The minimum Gasteiger partial charge on any atom is -0.383 e. The van der Waals surface area contributed by atoms with Gasteiger partial charge < -0.3 is 9.64 Å². The normalized spacial score (nSPS) is 15.9. The number of ether oxygens (including phenoxy) is 1. The molecule has 29 heavy (non-hydrogen) atoms. The van der Waals surface area contributed by atoms with E-state index in [9.17, 15) is 13.2 Å². The van der Waals surface area contributed by atoms with Gasteiger partial charge in [0.15, 0.2) is 5.69 Å². The summed E-state index contributed by atoms with van der Waals surface area (Å²) in [6.45, 7) is 4.48. The van der Waals surface area contributed by atoms with Gasteiger partial charge in [0.2, 0.25) is 5.95 Å². The molecule has 1 aliphatic rings. The number of rotatable bonds is 6. The van der Waals surface area contributed by atoms with Crippen LogP contribution in [0.15, 0.2) is 15.7 Å². The van der Waals surface area contributed by atoms with E-state index in [1.807, 2.05) is 22.7 Å². The summed E-state index contributed by atoms with van der Waals surface area (Å²) in [7, 11) is 1.66. The third-order valence-corrected chi connectivity index (χ3v) is 6.71. The number of anilines is 1. The molecule has 0 saturated carbocycles. The lowest BCUT2D eigenvalue weighted by atomic mass is 9.91. The molecule has 160 valence electrons. The molecule has 0 N–H and O–H groups in total. The first-order valence-electron chi connectivity index (χ1n) is 9.21. The third-order valence-electron chi connectivity index (χ3n) is 5.02. The highest BCUT2D eigenvalue weighted by Crippen LogP contribution is 2.39. The molecule has 2 aromatic rings. The van der Waals surface area contributed by atoms with Crippen LogP contribution >= 0.6 is 27.7 Å². The Labute approximate surface area is 180 Å². The van der Waals surface area contributed by atoms with Gasteiger partial charge in [0, 0.05) is 31.8 Å². The van der Waals surface area contributed by atoms with Gasteiger partial charge in [-0.25, -0.2) is 9.97 Å². The van der Waals surface area contributed by atoms with Crippen LogP contribution in [0, 0.1) is 6.92 Å². The highest BCUT2D eigenvalue weighted by atomic mass is 79.9. The van der Waals surface area contributed by atoms with Crippen molar-refractivity contribution in [3.63, 3.8) is 0 Å². The van der Waals surface area contributed by atoms with Crippen molar-refractivity contribution in [2.75, 3.05) is 38.0 Å². The summed E-state index contributed by atoms with van der Waals surface area (Å²) in [5.41, 5.74) is 1.38. The largest absolute Gasteiger partial charge is 0.434 e. The van der Waals surface area contributed by atoms with Crippen LogP contribution in [0.3, 0.4) is 0 Å². The third kappa shape index (κ3) is 4.88. The maximum Gasteiger partial charge on any atom is 0.434 e. The minimum absolute atomic E-state index is 0.103. The van der Waals surface area contributed by atoms with Gasteiger partial charge in [-0.2, -0.15) is 18.3 Å². The Morgan fingerprint density at radius 3 is 2.55 bits per heavy atom. The molecule has 3 heterocycles. The first-order chi connectivity index (χ1) is 13.8. The van der Waals surface area contributed by atoms with Crippen molar-refractivity contribution in [1.82, 2.24) is 19.7 Å². The Bertz CT molecular complexity index is 853. The Kier molecular flexibility index (Phi) is 7.10. The number of methoxy groups -OCH3 is 1. The van der Waals surface area contributed by atoms with Gasteiger partial charge in [-0.15, -0.1) is 11.8 Å². The number of aromatic nitrogens is 4. The van der Waals surface area contributed by atoms with Gasteiger partial charge in [-0.05, 0) is 47.5 Å². The number of aryl methyl sites for hydroxylation is 1. The van der Waals surface area contributed by atoms with Crippen LogP contribution in [-0.2, 0) is 17.5 Å². The van der Waals surface area contributed by atoms with E-state index in [-0.39, 0.29) is 15.4 Å². The second-order valence-corrected chi connectivity index (χ2v) is 8.47. The maximum atomic E-state index is 13.4. The van der Waals surface area contributed by atoms with E-state index in [0.717, 1.165) is 18.4 Å². The van der Waals surface area contributed by atoms with Crippen molar-refractivity contribution in [2.24, 2.45) is 0 Å². The monoisotopic (exact) mass is 493 g/mol. The van der Waals surface area contributed by atoms with Crippen molar-refractivity contribution in [1.29, 1.82) is 0 Å². The van der Waals surface area contributed by atoms with Gasteiger partial charge in [-0.3, -0.25) is 4.68 Å². The van der Waals surface area contributed by atoms with E-state index in [4.69, 9.17) is 4.74 Å². The Morgan fingerprint density at radius 1 is 1.28 bits per heavy atom. The molecular weight excluding hydrogens is 471 g/mol. The van der Waals surface area contributed by atoms with E-state index in [1.54, 1.807) is 13.4 Å². The molecular formula is C18H23BrF3N5OS. The SMILES string of the molecule is COCCn1ncc(C)c1C1CCN(c2nc(SC)c(Br)c(C(F)(F)F)n2)CC1. The van der Waals surface area contributed by atoms with Crippen molar-refractivity contribution in [2.45, 2.75) is 43.4 Å². The number of alkyl halides is 3. The van der Waals surface area contributed by atoms with Crippen LogP contribution in [0.25, 0.3) is 0 Å². The first-order valence-corrected chi connectivity index (χ1v) is 11.2. The smallest absolute Gasteiger partial charge is 0.383 e. The molecule has 0 radical (unpaired) electrons. The van der Waals surface area contributed by atoms with E-state index in [1.165, 1.54) is 17.5 Å². The second kappa shape index (κ2) is 9.22. The van der Waals surface area contributed by atoms with Crippen LogP contribution in [0.4, 0.5) is 19.1 Å². The lowest BCUT2D eigenvalue weighted by molar-refractivity contribution is -0.142. The van der Waals surface area contributed by atoms with Gasteiger partial charge in [0.1, 0.15) is 5.03 Å². The molecule has 0 amide bonds. The second-order valence-electron chi connectivity index (χ2n) is 6.88. The Morgan fingerprint density at radius 2 is 1.97 bits per heavy atom. The molecule has 0 aliphatic carbocycles. The van der Waals surface area contributed by atoms with Crippen molar-refractivity contribution in [3.8, 4) is 0 Å². The highest BCUT2D eigenvalue weighted by molar-refractivity contribution is 9.10. The lowest BCUT2D eigenvalue weighted by Crippen LogP contribution is -2.35. The molecule has 3 rings (SSSR count). The molecule has 2 aromatic heterocycles. The zero-order chi connectivity index (χ0) is 21.2. The molecule has 0 unspecified atom stereocenters. The van der Waals surface area contributed by atoms with Crippen molar-refractivity contribution < 1.29 is 17.9 Å². The number of piperidine rings is 1. The van der Waals surface area contributed by atoms with Crippen molar-refractivity contribution >= 4 is 33.6 Å². The fourth-order valence-electron chi connectivity index (χ4n) is 3.61. The van der Waals surface area contributed by atoms with E-state index in [0.29, 0.717) is 32.2 Å². The molecule has 1 saturated heterocycles. The number of thioether (sulfide) groups is 1. The Balaban J connectivity index is 1.79. The summed E-state index contributed by atoms with van der Waals surface area (Å²) in [6, 6.07) is 0. The topological polar surface area (TPSA) is 56.1 Å². The molecule has 1 aliphatic heterocycles. The van der Waals surface area contributed by atoms with Crippen molar-refractivity contribution in [3.05, 3.63) is 27.6 Å². The number of hydrogen-bond donors (Lipinski definition) is 0. The van der Waals surface area contributed by atoms with E-state index < -0.39 is 11.9 Å². The first kappa shape index (κ1) is 22.4. The summed E-state index contributed by atoms with van der Waals surface area (Å²) in [5.74, 6) is 0.427. The zero-order valence-electron chi connectivity index (χ0n) is 16.5. The average molecular weight is 494 g/mol. The minimum atomic E-state index is -4.54. The molecule has 0 spiro atoms. The average Bonchev–Trinajstić information content (AvgIpc) is 3.06.